The highest BCUT2D eigenvalue weighted by Gasteiger charge is 2.20. The lowest BCUT2D eigenvalue weighted by atomic mass is 10.3. The fourth-order valence-corrected chi connectivity index (χ4v) is 1.58. The van der Waals surface area contributed by atoms with Crippen LogP contribution < -0.4 is 0 Å². The summed E-state index contributed by atoms with van der Waals surface area (Å²) in [5.74, 6) is -0.571. The number of rotatable bonds is 6. The number of nitrogens with zero attached hydrogens (tertiary/aromatic N) is 1. The largest absolute Gasteiger partial charge is 0.480 e. The molecule has 0 aliphatic heterocycles. The molecule has 0 saturated carbocycles. The maximum atomic E-state index is 10.6. The minimum Gasteiger partial charge on any atom is -0.480 e. The van der Waals surface area contributed by atoms with E-state index in [1.165, 1.54) is 4.31 Å². The van der Waals surface area contributed by atoms with E-state index in [2.05, 4.69) is 32.4 Å². The minimum absolute atomic E-state index is 0.294. The van der Waals surface area contributed by atoms with Gasteiger partial charge in [-0.3, -0.25) is 4.79 Å². The monoisotopic (exact) mass is 209 g/mol. The molecule has 0 aromatic rings. The van der Waals surface area contributed by atoms with Crippen molar-refractivity contribution in [3.05, 3.63) is 0 Å². The Hall–Kier alpha value is 0.130. The number of carboxylic acids is 1. The zero-order chi connectivity index (χ0) is 9.56. The maximum Gasteiger partial charge on any atom is 0.322 e. The summed E-state index contributed by atoms with van der Waals surface area (Å²) in [7, 11) is 0. The van der Waals surface area contributed by atoms with E-state index in [1.54, 1.807) is 0 Å². The molecule has 0 aromatic heterocycles. The van der Waals surface area contributed by atoms with E-state index in [-0.39, 0.29) is 0 Å². The molecule has 72 valence electrons. The van der Waals surface area contributed by atoms with Crippen LogP contribution in [0.1, 0.15) is 19.8 Å². The molecule has 0 fully saturated rings. The highest BCUT2D eigenvalue weighted by atomic mass is 32.1. The molecule has 12 heavy (non-hydrogen) atoms. The number of thiol groups is 2. The van der Waals surface area contributed by atoms with Crippen molar-refractivity contribution in [1.82, 2.24) is 4.31 Å². The molecule has 0 aliphatic carbocycles. The molecule has 0 bridgehead atoms. The van der Waals surface area contributed by atoms with Crippen molar-refractivity contribution >= 4 is 31.4 Å². The predicted octanol–water partition coefficient (Wildman–Crippen LogP) is 1.32. The van der Waals surface area contributed by atoms with Gasteiger partial charge in [0.05, 0.1) is 0 Å². The molecule has 0 saturated heterocycles. The third-order valence-electron chi connectivity index (χ3n) is 1.56. The molecule has 3 nitrogen and oxygen atoms in total. The average Bonchev–Trinajstić information content (AvgIpc) is 2.01. The third kappa shape index (κ3) is 4.23. The smallest absolute Gasteiger partial charge is 0.322 e. The van der Waals surface area contributed by atoms with Gasteiger partial charge in [0, 0.05) is 12.3 Å². The first-order valence-corrected chi connectivity index (χ1v) is 4.95. The van der Waals surface area contributed by atoms with Gasteiger partial charge in [-0.1, -0.05) is 26.2 Å². The highest BCUT2D eigenvalue weighted by Crippen LogP contribution is 2.07. The summed E-state index contributed by atoms with van der Waals surface area (Å²) >= 11 is 8.03. The van der Waals surface area contributed by atoms with E-state index in [1.807, 2.05) is 0 Å². The quantitative estimate of drug-likeness (QED) is 0.578. The summed E-state index contributed by atoms with van der Waals surface area (Å²) in [6.07, 6.45) is 2.00. The Morgan fingerprint density at radius 2 is 2.25 bits per heavy atom. The minimum atomic E-state index is -0.865. The third-order valence-corrected chi connectivity index (χ3v) is 2.38. The van der Waals surface area contributed by atoms with Gasteiger partial charge in [0.2, 0.25) is 0 Å². The van der Waals surface area contributed by atoms with E-state index < -0.39 is 12.0 Å². The Bertz CT molecular complexity index is 143. The van der Waals surface area contributed by atoms with Crippen LogP contribution in [0.15, 0.2) is 0 Å². The predicted molar refractivity (Wildman–Crippen MR) is 55.9 cm³/mol. The van der Waals surface area contributed by atoms with Crippen molar-refractivity contribution in [2.24, 2.45) is 0 Å². The summed E-state index contributed by atoms with van der Waals surface area (Å²) in [6, 6.07) is -0.580. The molecule has 0 aromatic carbocycles. The Labute approximate surface area is 84.1 Å². The summed E-state index contributed by atoms with van der Waals surface area (Å²) in [5, 5.41) is 8.70. The molecular weight excluding hydrogens is 194 g/mol. The lowest BCUT2D eigenvalue weighted by molar-refractivity contribution is -0.140. The second kappa shape index (κ2) is 6.62. The summed E-state index contributed by atoms with van der Waals surface area (Å²) in [4.78, 5) is 10.6. The second-order valence-electron chi connectivity index (χ2n) is 2.55. The summed E-state index contributed by atoms with van der Waals surface area (Å²) in [5.41, 5.74) is 0. The maximum absolute atomic E-state index is 10.6. The van der Waals surface area contributed by atoms with E-state index in [0.717, 1.165) is 12.8 Å². The fraction of sp³-hybridized carbons (Fsp3) is 0.857. The van der Waals surface area contributed by atoms with Gasteiger partial charge in [-0.2, -0.15) is 12.6 Å². The van der Waals surface area contributed by atoms with Crippen LogP contribution in [0.3, 0.4) is 0 Å². The van der Waals surface area contributed by atoms with Crippen LogP contribution in [0.5, 0.6) is 0 Å². The first-order valence-electron chi connectivity index (χ1n) is 3.92. The molecule has 0 radical (unpaired) electrons. The van der Waals surface area contributed by atoms with Crippen LogP contribution in [0, 0.1) is 0 Å². The van der Waals surface area contributed by atoms with E-state index in [0.29, 0.717) is 12.3 Å². The lowest BCUT2D eigenvalue weighted by Gasteiger charge is -2.20. The van der Waals surface area contributed by atoms with Gasteiger partial charge in [-0.15, -0.1) is 0 Å². The van der Waals surface area contributed by atoms with Crippen LogP contribution >= 0.6 is 25.4 Å². The van der Waals surface area contributed by atoms with Crippen molar-refractivity contribution in [2.75, 3.05) is 12.3 Å². The first kappa shape index (κ1) is 12.1. The zero-order valence-electron chi connectivity index (χ0n) is 7.10. The molecule has 0 amide bonds. The van der Waals surface area contributed by atoms with Gasteiger partial charge < -0.3 is 5.11 Å². The molecule has 0 rings (SSSR count). The number of aliphatic carboxylic acids is 1. The summed E-state index contributed by atoms with van der Waals surface area (Å²) < 4.78 is 1.53. The van der Waals surface area contributed by atoms with Crippen molar-refractivity contribution in [1.29, 1.82) is 0 Å². The normalized spacial score (nSPS) is 13.3. The lowest BCUT2D eigenvalue weighted by Crippen LogP contribution is -2.37. The van der Waals surface area contributed by atoms with Crippen molar-refractivity contribution < 1.29 is 9.90 Å². The molecule has 1 atom stereocenters. The molecule has 5 heteroatoms. The average molecular weight is 209 g/mol. The van der Waals surface area contributed by atoms with Crippen molar-refractivity contribution in [3.63, 3.8) is 0 Å². The fourth-order valence-electron chi connectivity index (χ4n) is 0.776. The number of unbranched alkanes of at least 4 members (excludes halogenated alkanes) is 1. The van der Waals surface area contributed by atoms with Gasteiger partial charge in [-0.25, -0.2) is 4.31 Å². The number of carboxylic acid groups (broad SMARTS) is 1. The molecule has 1 N–H and O–H groups in total. The van der Waals surface area contributed by atoms with Gasteiger partial charge in [0.25, 0.3) is 0 Å². The van der Waals surface area contributed by atoms with E-state index in [4.69, 9.17) is 5.11 Å². The standard InChI is InChI=1S/C7H15NO2S2/c1-2-3-4-8(12)6(5-11)7(9)10/h6,11-12H,2-5H2,1H3,(H,9,10)/t6-/m0/s1. The number of hydrogen-bond acceptors (Lipinski definition) is 4. The van der Waals surface area contributed by atoms with Crippen molar-refractivity contribution in [3.8, 4) is 0 Å². The van der Waals surface area contributed by atoms with Crippen LogP contribution in [-0.4, -0.2) is 33.7 Å². The Morgan fingerprint density at radius 3 is 2.58 bits per heavy atom. The summed E-state index contributed by atoms with van der Waals surface area (Å²) in [6.45, 7) is 2.75. The van der Waals surface area contributed by atoms with Gasteiger partial charge in [-0.05, 0) is 6.42 Å². The Morgan fingerprint density at radius 1 is 1.67 bits per heavy atom. The van der Waals surface area contributed by atoms with Crippen molar-refractivity contribution in [2.45, 2.75) is 25.8 Å². The van der Waals surface area contributed by atoms with Crippen LogP contribution in [0.2, 0.25) is 0 Å². The van der Waals surface area contributed by atoms with E-state index in [9.17, 15) is 4.79 Å². The van der Waals surface area contributed by atoms with Gasteiger partial charge >= 0.3 is 5.97 Å². The van der Waals surface area contributed by atoms with Gasteiger partial charge in [0.1, 0.15) is 6.04 Å². The van der Waals surface area contributed by atoms with Gasteiger partial charge in [0.15, 0.2) is 0 Å². The molecule has 0 spiro atoms. The van der Waals surface area contributed by atoms with E-state index >= 15 is 0 Å². The molecule has 0 aliphatic rings. The SMILES string of the molecule is CCCCN(S)[C@@H](CS)C(=O)O. The van der Waals surface area contributed by atoms with Crippen LogP contribution in [-0.2, 0) is 4.79 Å². The second-order valence-corrected chi connectivity index (χ2v) is 3.43. The first-order chi connectivity index (χ1) is 5.63. The Kier molecular flexibility index (Phi) is 6.70. The van der Waals surface area contributed by atoms with Crippen LogP contribution in [0.4, 0.5) is 0 Å². The Balaban J connectivity index is 3.85. The molecule has 0 heterocycles. The topological polar surface area (TPSA) is 40.5 Å². The zero-order valence-corrected chi connectivity index (χ0v) is 8.89. The number of carbonyl (C=O) groups is 1. The molecular formula is C7H15NO2S2. The van der Waals surface area contributed by atoms with Crippen LogP contribution in [0.25, 0.3) is 0 Å². The highest BCUT2D eigenvalue weighted by molar-refractivity contribution is 7.80. The molecule has 0 unspecified atom stereocenters. The number of hydrogen-bond donors (Lipinski definition) is 3.